The molecule has 0 saturated carbocycles. The van der Waals surface area contributed by atoms with Crippen LogP contribution in [0.15, 0.2) is 54.6 Å². The molecule has 0 N–H and O–H groups in total. The average Bonchev–Trinajstić information content (AvgIpc) is 2.47. The summed E-state index contributed by atoms with van der Waals surface area (Å²) in [5.41, 5.74) is 1.78. The molecule has 2 rings (SSSR count). The minimum atomic E-state index is 0.0261. The zero-order valence-corrected chi connectivity index (χ0v) is 12.3. The first kappa shape index (κ1) is 14.6. The van der Waals surface area contributed by atoms with Crippen molar-refractivity contribution in [3.63, 3.8) is 0 Å². The molecular weight excluding hydrogens is 270 g/mol. The zero-order valence-electron chi connectivity index (χ0n) is 11.6. The van der Waals surface area contributed by atoms with Gasteiger partial charge in [0.05, 0.1) is 0 Å². The number of hydrogen-bond donors (Lipinski definition) is 0. The van der Waals surface area contributed by atoms with Crippen LogP contribution >= 0.6 is 11.6 Å². The minimum Gasteiger partial charge on any atom is -0.334 e. The van der Waals surface area contributed by atoms with E-state index in [9.17, 15) is 4.79 Å². The van der Waals surface area contributed by atoms with E-state index in [0.717, 1.165) is 18.5 Å². The van der Waals surface area contributed by atoms with Gasteiger partial charge in [-0.1, -0.05) is 54.9 Å². The monoisotopic (exact) mass is 287 g/mol. The van der Waals surface area contributed by atoms with Crippen molar-refractivity contribution in [2.75, 3.05) is 6.54 Å². The molecule has 2 aromatic carbocycles. The van der Waals surface area contributed by atoms with Crippen LogP contribution in [0.1, 0.15) is 29.3 Å². The van der Waals surface area contributed by atoms with E-state index >= 15 is 0 Å². The lowest BCUT2D eigenvalue weighted by atomic mass is 10.1. The maximum atomic E-state index is 12.6. The Labute approximate surface area is 125 Å². The summed E-state index contributed by atoms with van der Waals surface area (Å²) >= 11 is 5.96. The first-order chi connectivity index (χ1) is 9.70. The van der Waals surface area contributed by atoms with Crippen molar-refractivity contribution in [3.05, 3.63) is 70.7 Å². The maximum Gasteiger partial charge on any atom is 0.254 e. The lowest BCUT2D eigenvalue weighted by Crippen LogP contribution is -2.31. The molecule has 0 bridgehead atoms. The molecule has 104 valence electrons. The van der Waals surface area contributed by atoms with E-state index in [1.807, 2.05) is 47.4 Å². The van der Waals surface area contributed by atoms with E-state index < -0.39 is 0 Å². The summed E-state index contributed by atoms with van der Waals surface area (Å²) in [7, 11) is 0. The third-order valence-electron chi connectivity index (χ3n) is 3.07. The summed E-state index contributed by atoms with van der Waals surface area (Å²) in [5, 5.41) is 0.590. The summed E-state index contributed by atoms with van der Waals surface area (Å²) in [6.45, 7) is 3.43. The van der Waals surface area contributed by atoms with Gasteiger partial charge in [-0.15, -0.1) is 0 Å². The SMILES string of the molecule is CCCN(Cc1ccccc1)C(=O)c1cccc(Cl)c1. The van der Waals surface area contributed by atoms with Gasteiger partial charge in [0.25, 0.3) is 5.91 Å². The van der Waals surface area contributed by atoms with E-state index in [-0.39, 0.29) is 5.91 Å². The highest BCUT2D eigenvalue weighted by atomic mass is 35.5. The maximum absolute atomic E-state index is 12.6. The van der Waals surface area contributed by atoms with Crippen molar-refractivity contribution >= 4 is 17.5 Å². The van der Waals surface area contributed by atoms with Crippen molar-refractivity contribution in [1.29, 1.82) is 0 Å². The molecule has 0 radical (unpaired) electrons. The number of hydrogen-bond acceptors (Lipinski definition) is 1. The van der Waals surface area contributed by atoms with Gasteiger partial charge in [0.15, 0.2) is 0 Å². The van der Waals surface area contributed by atoms with Crippen LogP contribution in [0.4, 0.5) is 0 Å². The molecular formula is C17H18ClNO. The first-order valence-electron chi connectivity index (χ1n) is 6.79. The molecule has 0 aliphatic heterocycles. The van der Waals surface area contributed by atoms with Gasteiger partial charge in [-0.3, -0.25) is 4.79 Å². The molecule has 20 heavy (non-hydrogen) atoms. The molecule has 0 atom stereocenters. The number of benzene rings is 2. The fourth-order valence-corrected chi connectivity index (χ4v) is 2.32. The molecule has 0 aliphatic carbocycles. The van der Waals surface area contributed by atoms with E-state index in [2.05, 4.69) is 6.92 Å². The van der Waals surface area contributed by atoms with Crippen LogP contribution in [0.3, 0.4) is 0 Å². The van der Waals surface area contributed by atoms with E-state index in [0.29, 0.717) is 17.1 Å². The second-order valence-corrected chi connectivity index (χ2v) is 5.16. The Morgan fingerprint density at radius 2 is 1.85 bits per heavy atom. The third kappa shape index (κ3) is 3.84. The fourth-order valence-electron chi connectivity index (χ4n) is 2.13. The van der Waals surface area contributed by atoms with Crippen molar-refractivity contribution in [2.45, 2.75) is 19.9 Å². The summed E-state index contributed by atoms with van der Waals surface area (Å²) in [6, 6.07) is 17.1. The zero-order chi connectivity index (χ0) is 14.4. The predicted molar refractivity (Wildman–Crippen MR) is 82.9 cm³/mol. The van der Waals surface area contributed by atoms with E-state index in [1.54, 1.807) is 12.1 Å². The Morgan fingerprint density at radius 1 is 1.10 bits per heavy atom. The van der Waals surface area contributed by atoms with Crippen LogP contribution in [0, 0.1) is 0 Å². The Bertz CT molecular complexity index is 568. The van der Waals surface area contributed by atoms with Gasteiger partial charge in [-0.2, -0.15) is 0 Å². The fraction of sp³-hybridized carbons (Fsp3) is 0.235. The van der Waals surface area contributed by atoms with Crippen molar-refractivity contribution in [1.82, 2.24) is 4.90 Å². The van der Waals surface area contributed by atoms with Gasteiger partial charge in [-0.05, 0) is 30.2 Å². The number of carbonyl (C=O) groups is 1. The molecule has 0 unspecified atom stereocenters. The lowest BCUT2D eigenvalue weighted by Gasteiger charge is -2.22. The van der Waals surface area contributed by atoms with Gasteiger partial charge in [0.2, 0.25) is 0 Å². The third-order valence-corrected chi connectivity index (χ3v) is 3.30. The Hall–Kier alpha value is -1.80. The Morgan fingerprint density at radius 3 is 2.50 bits per heavy atom. The number of amides is 1. The van der Waals surface area contributed by atoms with Crippen LogP contribution < -0.4 is 0 Å². The average molecular weight is 288 g/mol. The molecule has 0 heterocycles. The highest BCUT2D eigenvalue weighted by Gasteiger charge is 2.15. The van der Waals surface area contributed by atoms with Crippen LogP contribution in [0.5, 0.6) is 0 Å². The molecule has 3 heteroatoms. The quantitative estimate of drug-likeness (QED) is 0.798. The number of carbonyl (C=O) groups excluding carboxylic acids is 1. The highest BCUT2D eigenvalue weighted by molar-refractivity contribution is 6.30. The second-order valence-electron chi connectivity index (χ2n) is 4.72. The topological polar surface area (TPSA) is 20.3 Å². The number of nitrogens with zero attached hydrogens (tertiary/aromatic N) is 1. The molecule has 2 nitrogen and oxygen atoms in total. The molecule has 2 aromatic rings. The van der Waals surface area contributed by atoms with Crippen molar-refractivity contribution in [3.8, 4) is 0 Å². The van der Waals surface area contributed by atoms with Gasteiger partial charge in [-0.25, -0.2) is 0 Å². The molecule has 0 fully saturated rings. The van der Waals surface area contributed by atoms with Crippen molar-refractivity contribution in [2.24, 2.45) is 0 Å². The summed E-state index contributed by atoms with van der Waals surface area (Å²) in [6.07, 6.45) is 0.930. The van der Waals surface area contributed by atoms with E-state index in [4.69, 9.17) is 11.6 Å². The van der Waals surface area contributed by atoms with Gasteiger partial charge in [0.1, 0.15) is 0 Å². The van der Waals surface area contributed by atoms with Gasteiger partial charge in [0, 0.05) is 23.7 Å². The molecule has 1 amide bonds. The van der Waals surface area contributed by atoms with E-state index in [1.165, 1.54) is 0 Å². The number of rotatable bonds is 5. The molecule has 0 spiro atoms. The van der Waals surface area contributed by atoms with Crippen LogP contribution in [0.2, 0.25) is 5.02 Å². The Kier molecular flexibility index (Phi) is 5.19. The van der Waals surface area contributed by atoms with Gasteiger partial charge < -0.3 is 4.90 Å². The molecule has 0 saturated heterocycles. The largest absolute Gasteiger partial charge is 0.334 e. The standard InChI is InChI=1S/C17H18ClNO/c1-2-11-19(13-14-7-4-3-5-8-14)17(20)15-9-6-10-16(18)12-15/h3-10,12H,2,11,13H2,1H3. The summed E-state index contributed by atoms with van der Waals surface area (Å²) in [5.74, 6) is 0.0261. The second kappa shape index (κ2) is 7.11. The molecule has 0 aromatic heterocycles. The number of halogens is 1. The normalized spacial score (nSPS) is 10.3. The summed E-state index contributed by atoms with van der Waals surface area (Å²) < 4.78 is 0. The Balaban J connectivity index is 2.18. The van der Waals surface area contributed by atoms with Crippen molar-refractivity contribution < 1.29 is 4.79 Å². The first-order valence-corrected chi connectivity index (χ1v) is 7.17. The molecule has 0 aliphatic rings. The highest BCUT2D eigenvalue weighted by Crippen LogP contribution is 2.15. The van der Waals surface area contributed by atoms with Crippen LogP contribution in [-0.4, -0.2) is 17.4 Å². The van der Waals surface area contributed by atoms with Gasteiger partial charge >= 0.3 is 0 Å². The summed E-state index contributed by atoms with van der Waals surface area (Å²) in [4.78, 5) is 14.4. The predicted octanol–water partition coefficient (Wildman–Crippen LogP) is 4.39. The minimum absolute atomic E-state index is 0.0261. The van der Waals surface area contributed by atoms with Crippen LogP contribution in [-0.2, 0) is 6.54 Å². The smallest absolute Gasteiger partial charge is 0.254 e. The van der Waals surface area contributed by atoms with Crippen LogP contribution in [0.25, 0.3) is 0 Å². The lowest BCUT2D eigenvalue weighted by molar-refractivity contribution is 0.0743.